The van der Waals surface area contributed by atoms with Gasteiger partial charge in [0.1, 0.15) is 0 Å². The fourth-order valence-corrected chi connectivity index (χ4v) is 5.44. The summed E-state index contributed by atoms with van der Waals surface area (Å²) in [6, 6.07) is 18.1. The summed E-state index contributed by atoms with van der Waals surface area (Å²) >= 11 is 5.51. The molecule has 0 nitrogen and oxygen atoms in total. The number of thiophene rings is 3. The summed E-state index contributed by atoms with van der Waals surface area (Å²) < 4.78 is 4.11. The SMILES string of the molecule is c1cc2cc(-c3cc4cc5sccc5cc4s3)ccc2s1. The van der Waals surface area contributed by atoms with Gasteiger partial charge in [0.25, 0.3) is 0 Å². The van der Waals surface area contributed by atoms with Gasteiger partial charge in [0.2, 0.25) is 0 Å². The molecule has 0 fully saturated rings. The van der Waals surface area contributed by atoms with Crippen molar-refractivity contribution in [2.45, 2.75) is 0 Å². The van der Waals surface area contributed by atoms with E-state index in [0.717, 1.165) is 0 Å². The van der Waals surface area contributed by atoms with Crippen molar-refractivity contribution < 1.29 is 0 Å². The molecule has 3 heterocycles. The largest absolute Gasteiger partial charge is 0.144 e. The smallest absolute Gasteiger partial charge is 0.0356 e. The van der Waals surface area contributed by atoms with E-state index < -0.39 is 0 Å². The van der Waals surface area contributed by atoms with Gasteiger partial charge in [-0.05, 0) is 74.9 Å². The van der Waals surface area contributed by atoms with Crippen molar-refractivity contribution in [3.8, 4) is 10.4 Å². The van der Waals surface area contributed by atoms with Crippen molar-refractivity contribution in [1.82, 2.24) is 0 Å². The minimum absolute atomic E-state index is 1.32. The maximum atomic E-state index is 2.33. The molecule has 0 N–H and O–H groups in total. The van der Waals surface area contributed by atoms with Crippen LogP contribution in [0.5, 0.6) is 0 Å². The van der Waals surface area contributed by atoms with Gasteiger partial charge in [-0.25, -0.2) is 0 Å². The van der Waals surface area contributed by atoms with Crippen LogP contribution in [0.1, 0.15) is 0 Å². The highest BCUT2D eigenvalue weighted by molar-refractivity contribution is 7.22. The maximum Gasteiger partial charge on any atom is 0.0356 e. The summed E-state index contributed by atoms with van der Waals surface area (Å²) in [7, 11) is 0. The lowest BCUT2D eigenvalue weighted by Gasteiger charge is -1.97. The maximum absolute atomic E-state index is 2.33. The van der Waals surface area contributed by atoms with E-state index in [2.05, 4.69) is 59.3 Å². The summed E-state index contributed by atoms with van der Waals surface area (Å²) in [5.74, 6) is 0. The van der Waals surface area contributed by atoms with Gasteiger partial charge in [0.05, 0.1) is 0 Å². The molecular weight excluding hydrogens is 312 g/mol. The molecule has 5 rings (SSSR count). The number of hydrogen-bond donors (Lipinski definition) is 0. The zero-order valence-electron chi connectivity index (χ0n) is 11.0. The summed E-state index contributed by atoms with van der Waals surface area (Å²) in [6.45, 7) is 0. The predicted octanol–water partition coefficient (Wildman–Crippen LogP) is 7.00. The number of benzene rings is 2. The summed E-state index contributed by atoms with van der Waals surface area (Å²) in [5.41, 5.74) is 1.32. The average Bonchev–Trinajstić information content (AvgIpc) is 3.21. The van der Waals surface area contributed by atoms with E-state index in [1.165, 1.54) is 40.7 Å². The topological polar surface area (TPSA) is 0 Å². The highest BCUT2D eigenvalue weighted by Crippen LogP contribution is 2.38. The zero-order chi connectivity index (χ0) is 13.8. The van der Waals surface area contributed by atoms with Gasteiger partial charge in [0.15, 0.2) is 0 Å². The van der Waals surface area contributed by atoms with Crippen molar-refractivity contribution in [1.29, 1.82) is 0 Å². The average molecular weight is 322 g/mol. The molecule has 3 heteroatoms. The monoisotopic (exact) mass is 322 g/mol. The molecule has 0 saturated carbocycles. The van der Waals surface area contributed by atoms with Gasteiger partial charge >= 0.3 is 0 Å². The Morgan fingerprint density at radius 2 is 1.33 bits per heavy atom. The molecule has 0 aliphatic carbocycles. The first-order valence-corrected chi connectivity index (χ1v) is 9.33. The van der Waals surface area contributed by atoms with E-state index >= 15 is 0 Å². The van der Waals surface area contributed by atoms with E-state index in [1.807, 2.05) is 22.7 Å². The molecular formula is C18H10S3. The highest BCUT2D eigenvalue weighted by atomic mass is 32.1. The van der Waals surface area contributed by atoms with Crippen LogP contribution >= 0.6 is 34.0 Å². The molecule has 21 heavy (non-hydrogen) atoms. The summed E-state index contributed by atoms with van der Waals surface area (Å²) in [4.78, 5) is 1.36. The minimum atomic E-state index is 1.32. The molecule has 0 unspecified atom stereocenters. The molecule has 0 aliphatic heterocycles. The second-order valence-electron chi connectivity index (χ2n) is 5.13. The molecule has 5 aromatic rings. The fraction of sp³-hybridized carbons (Fsp3) is 0. The predicted molar refractivity (Wildman–Crippen MR) is 98.0 cm³/mol. The molecule has 100 valence electrons. The summed E-state index contributed by atoms with van der Waals surface area (Å²) in [5, 5.41) is 8.38. The number of fused-ring (bicyclic) bond motifs is 3. The Bertz CT molecular complexity index is 1040. The highest BCUT2D eigenvalue weighted by Gasteiger charge is 2.07. The molecule has 3 aromatic heterocycles. The second kappa shape index (κ2) is 4.41. The third kappa shape index (κ3) is 1.85. The Labute approximate surface area is 133 Å². The van der Waals surface area contributed by atoms with Gasteiger partial charge in [-0.3, -0.25) is 0 Å². The van der Waals surface area contributed by atoms with E-state index in [9.17, 15) is 0 Å². The van der Waals surface area contributed by atoms with Gasteiger partial charge in [-0.2, -0.15) is 0 Å². The van der Waals surface area contributed by atoms with Crippen molar-refractivity contribution in [2.24, 2.45) is 0 Å². The Balaban J connectivity index is 1.75. The molecule has 0 aliphatic rings. The van der Waals surface area contributed by atoms with Crippen molar-refractivity contribution in [2.75, 3.05) is 0 Å². The first kappa shape index (κ1) is 11.9. The Kier molecular flexibility index (Phi) is 2.50. The van der Waals surface area contributed by atoms with Gasteiger partial charge in [0, 0.05) is 19.0 Å². The first-order valence-electron chi connectivity index (χ1n) is 6.75. The lowest BCUT2D eigenvalue weighted by atomic mass is 10.1. The lowest BCUT2D eigenvalue weighted by molar-refractivity contribution is 1.81. The van der Waals surface area contributed by atoms with Crippen LogP contribution in [0.4, 0.5) is 0 Å². The Morgan fingerprint density at radius 1 is 0.571 bits per heavy atom. The number of rotatable bonds is 1. The van der Waals surface area contributed by atoms with Gasteiger partial charge in [-0.15, -0.1) is 34.0 Å². The molecule has 0 atom stereocenters. The standard InChI is InChI=1S/C18H10S3/c1-2-15-12(3-5-19-15)7-11(1)17-10-14-9-16-13(4-6-20-16)8-18(14)21-17/h1-10H. The number of hydrogen-bond acceptors (Lipinski definition) is 3. The molecule has 0 spiro atoms. The normalized spacial score (nSPS) is 11.8. The fourth-order valence-electron chi connectivity index (χ4n) is 2.76. The zero-order valence-corrected chi connectivity index (χ0v) is 13.4. The van der Waals surface area contributed by atoms with E-state index in [0.29, 0.717) is 0 Å². The van der Waals surface area contributed by atoms with Crippen LogP contribution in [-0.4, -0.2) is 0 Å². The first-order chi connectivity index (χ1) is 10.4. The minimum Gasteiger partial charge on any atom is -0.144 e. The van der Waals surface area contributed by atoms with Crippen LogP contribution in [0.25, 0.3) is 40.7 Å². The molecule has 2 aromatic carbocycles. The van der Waals surface area contributed by atoms with Crippen molar-refractivity contribution in [3.63, 3.8) is 0 Å². The van der Waals surface area contributed by atoms with Gasteiger partial charge < -0.3 is 0 Å². The van der Waals surface area contributed by atoms with Crippen molar-refractivity contribution >= 4 is 64.3 Å². The van der Waals surface area contributed by atoms with Crippen LogP contribution in [0.15, 0.2) is 59.3 Å². The second-order valence-corrected chi connectivity index (χ2v) is 8.11. The van der Waals surface area contributed by atoms with Crippen LogP contribution in [0, 0.1) is 0 Å². The Hall–Kier alpha value is -1.68. The van der Waals surface area contributed by atoms with Crippen LogP contribution in [0.3, 0.4) is 0 Å². The van der Waals surface area contributed by atoms with E-state index in [-0.39, 0.29) is 0 Å². The quantitative estimate of drug-likeness (QED) is 0.312. The molecule has 0 saturated heterocycles. The van der Waals surface area contributed by atoms with Crippen LogP contribution in [0.2, 0.25) is 0 Å². The van der Waals surface area contributed by atoms with E-state index in [1.54, 1.807) is 11.3 Å². The van der Waals surface area contributed by atoms with Crippen LogP contribution in [-0.2, 0) is 0 Å². The Morgan fingerprint density at radius 3 is 2.24 bits per heavy atom. The van der Waals surface area contributed by atoms with Crippen molar-refractivity contribution in [3.05, 3.63) is 59.3 Å². The van der Waals surface area contributed by atoms with E-state index in [4.69, 9.17) is 0 Å². The molecule has 0 amide bonds. The third-order valence-corrected chi connectivity index (χ3v) is 6.75. The van der Waals surface area contributed by atoms with Crippen LogP contribution < -0.4 is 0 Å². The molecule has 0 radical (unpaired) electrons. The summed E-state index contributed by atoms with van der Waals surface area (Å²) in [6.07, 6.45) is 0. The molecule has 0 bridgehead atoms. The lowest BCUT2D eigenvalue weighted by Crippen LogP contribution is -1.70. The van der Waals surface area contributed by atoms with Gasteiger partial charge in [-0.1, -0.05) is 6.07 Å². The third-order valence-electron chi connectivity index (χ3n) is 3.83.